The van der Waals surface area contributed by atoms with Gasteiger partial charge in [-0.1, -0.05) is 0 Å². The number of nitrogens with zero attached hydrogens (tertiary/aromatic N) is 3. The Morgan fingerprint density at radius 2 is 2.06 bits per heavy atom. The number of hydrogen-bond acceptors (Lipinski definition) is 7. The van der Waals surface area contributed by atoms with Crippen LogP contribution in [0.4, 0.5) is 4.39 Å². The van der Waals surface area contributed by atoms with E-state index in [0.29, 0.717) is 34.6 Å². The summed E-state index contributed by atoms with van der Waals surface area (Å²) in [4.78, 5) is 33.5. The molecule has 6 heterocycles. The summed E-state index contributed by atoms with van der Waals surface area (Å²) in [5.41, 5.74) is 4.83. The summed E-state index contributed by atoms with van der Waals surface area (Å²) in [6.07, 6.45) is -0.335. The summed E-state index contributed by atoms with van der Waals surface area (Å²) < 4.78 is 21.5. The highest BCUT2D eigenvalue weighted by Crippen LogP contribution is 2.50. The van der Waals surface area contributed by atoms with Crippen molar-refractivity contribution in [2.75, 3.05) is 18.8 Å². The first-order valence-corrected chi connectivity index (χ1v) is 12.1. The monoisotopic (exact) mass is 465 g/mol. The maximum absolute atomic E-state index is 14.8. The minimum atomic E-state index is -1.49. The van der Waals surface area contributed by atoms with Gasteiger partial charge >= 0.3 is 5.97 Å². The number of esters is 1. The van der Waals surface area contributed by atoms with Gasteiger partial charge in [0.1, 0.15) is 12.4 Å². The maximum Gasteiger partial charge on any atom is 0.340 e. The number of aromatic nitrogens is 2. The molecular formula is C24H20FN3O4S. The zero-order valence-corrected chi connectivity index (χ0v) is 18.7. The first-order valence-electron chi connectivity index (χ1n) is 11.1. The van der Waals surface area contributed by atoms with E-state index in [9.17, 15) is 19.1 Å². The molecule has 1 N–H and O–H groups in total. The summed E-state index contributed by atoms with van der Waals surface area (Å²) in [6, 6.07) is 3.35. The molecule has 1 aromatic carbocycles. The highest BCUT2D eigenvalue weighted by atomic mass is 32.2. The summed E-state index contributed by atoms with van der Waals surface area (Å²) in [7, 11) is 0. The average molecular weight is 466 g/mol. The SMILES string of the molecule is Cc1c(F)cc2nc3c(c4c2c1SCC4N1CCC1)Cn1c-3cc2c(c1=O)COC(=O)C2O. The van der Waals surface area contributed by atoms with Crippen molar-refractivity contribution in [2.24, 2.45) is 0 Å². The summed E-state index contributed by atoms with van der Waals surface area (Å²) >= 11 is 1.68. The second-order valence-corrected chi connectivity index (χ2v) is 10.2. The van der Waals surface area contributed by atoms with Gasteiger partial charge in [-0.15, -0.1) is 11.8 Å². The number of pyridine rings is 2. The van der Waals surface area contributed by atoms with Crippen LogP contribution in [0.5, 0.6) is 0 Å². The van der Waals surface area contributed by atoms with Crippen molar-refractivity contribution < 1.29 is 19.0 Å². The molecular weight excluding hydrogens is 445 g/mol. The molecule has 2 unspecified atom stereocenters. The van der Waals surface area contributed by atoms with E-state index in [2.05, 4.69) is 4.90 Å². The zero-order chi connectivity index (χ0) is 22.6. The third-order valence-corrected chi connectivity index (χ3v) is 8.76. The summed E-state index contributed by atoms with van der Waals surface area (Å²) in [6.45, 7) is 4.07. The number of carbonyl (C=O) groups is 1. The smallest absolute Gasteiger partial charge is 0.340 e. The molecule has 1 fully saturated rings. The number of carbonyl (C=O) groups excluding carboxylic acids is 1. The fraction of sp³-hybridized carbons (Fsp3) is 0.375. The quantitative estimate of drug-likeness (QED) is 0.433. The van der Waals surface area contributed by atoms with Crippen LogP contribution in [0.3, 0.4) is 0 Å². The van der Waals surface area contributed by atoms with Crippen LogP contribution in [0, 0.1) is 12.7 Å². The van der Waals surface area contributed by atoms with Crippen LogP contribution in [0.15, 0.2) is 21.8 Å². The van der Waals surface area contributed by atoms with Crippen molar-refractivity contribution >= 4 is 28.6 Å². The van der Waals surface area contributed by atoms with Crippen LogP contribution in [0.2, 0.25) is 0 Å². The Kier molecular flexibility index (Phi) is 3.97. The predicted molar refractivity (Wildman–Crippen MR) is 120 cm³/mol. The number of aliphatic hydroxyl groups excluding tert-OH is 1. The van der Waals surface area contributed by atoms with Gasteiger partial charge in [-0.25, -0.2) is 14.2 Å². The molecule has 2 atom stereocenters. The average Bonchev–Trinajstić information content (AvgIpc) is 3.13. The molecule has 0 radical (unpaired) electrons. The van der Waals surface area contributed by atoms with Crippen LogP contribution >= 0.6 is 11.8 Å². The third-order valence-electron chi connectivity index (χ3n) is 7.48. The van der Waals surface area contributed by atoms with E-state index in [4.69, 9.17) is 9.72 Å². The molecule has 4 aliphatic heterocycles. The summed E-state index contributed by atoms with van der Waals surface area (Å²) in [5, 5.41) is 11.4. The minimum Gasteiger partial charge on any atom is -0.458 e. The van der Waals surface area contributed by atoms with Gasteiger partial charge in [0.25, 0.3) is 5.56 Å². The number of halogens is 1. The van der Waals surface area contributed by atoms with Gasteiger partial charge in [-0.05, 0) is 43.6 Å². The maximum atomic E-state index is 14.8. The van der Waals surface area contributed by atoms with Gasteiger partial charge in [0.05, 0.1) is 29.0 Å². The van der Waals surface area contributed by atoms with E-state index in [-0.39, 0.29) is 29.6 Å². The fourth-order valence-corrected chi connectivity index (χ4v) is 6.97. The van der Waals surface area contributed by atoms with Crippen molar-refractivity contribution in [3.05, 3.63) is 56.1 Å². The first kappa shape index (κ1) is 19.7. The molecule has 4 aliphatic rings. The summed E-state index contributed by atoms with van der Waals surface area (Å²) in [5.74, 6) is -0.223. The largest absolute Gasteiger partial charge is 0.458 e. The van der Waals surface area contributed by atoms with Crippen molar-refractivity contribution in [1.29, 1.82) is 0 Å². The molecule has 0 amide bonds. The van der Waals surface area contributed by atoms with Gasteiger partial charge in [0.2, 0.25) is 0 Å². The first-order chi connectivity index (χ1) is 15.9. The Morgan fingerprint density at radius 1 is 1.24 bits per heavy atom. The number of ether oxygens (including phenoxy) is 1. The van der Waals surface area contributed by atoms with Gasteiger partial charge < -0.3 is 14.4 Å². The lowest BCUT2D eigenvalue weighted by Gasteiger charge is -2.41. The van der Waals surface area contributed by atoms with Crippen molar-refractivity contribution in [2.45, 2.75) is 43.5 Å². The number of rotatable bonds is 1. The lowest BCUT2D eigenvalue weighted by atomic mass is 9.91. The number of fused-ring (bicyclic) bond motifs is 5. The Bertz CT molecular complexity index is 1480. The van der Waals surface area contributed by atoms with Crippen molar-refractivity contribution in [3.8, 4) is 11.4 Å². The van der Waals surface area contributed by atoms with E-state index in [1.807, 2.05) is 6.92 Å². The highest BCUT2D eigenvalue weighted by molar-refractivity contribution is 7.99. The van der Waals surface area contributed by atoms with Gasteiger partial charge in [0, 0.05) is 39.3 Å². The Morgan fingerprint density at radius 3 is 2.82 bits per heavy atom. The van der Waals surface area contributed by atoms with Crippen molar-refractivity contribution in [1.82, 2.24) is 14.5 Å². The minimum absolute atomic E-state index is 0.148. The van der Waals surface area contributed by atoms with Crippen molar-refractivity contribution in [3.63, 3.8) is 0 Å². The molecule has 0 aliphatic carbocycles. The Labute approximate surface area is 192 Å². The van der Waals surface area contributed by atoms with Gasteiger partial charge in [-0.3, -0.25) is 9.69 Å². The Hall–Kier alpha value is -2.75. The zero-order valence-electron chi connectivity index (χ0n) is 17.9. The highest BCUT2D eigenvalue weighted by Gasteiger charge is 2.39. The topological polar surface area (TPSA) is 84.7 Å². The van der Waals surface area contributed by atoms with E-state index in [1.54, 1.807) is 22.4 Å². The van der Waals surface area contributed by atoms with E-state index in [0.717, 1.165) is 46.7 Å². The lowest BCUT2D eigenvalue weighted by Crippen LogP contribution is -2.42. The van der Waals surface area contributed by atoms with E-state index >= 15 is 0 Å². The number of thioether (sulfide) groups is 1. The molecule has 3 aromatic rings. The molecule has 33 heavy (non-hydrogen) atoms. The molecule has 0 bridgehead atoms. The molecule has 168 valence electrons. The van der Waals surface area contributed by atoms with E-state index in [1.165, 1.54) is 6.07 Å². The van der Waals surface area contributed by atoms with E-state index < -0.39 is 12.1 Å². The molecule has 7 rings (SSSR count). The van der Waals surface area contributed by atoms with Gasteiger partial charge in [0.15, 0.2) is 6.10 Å². The van der Waals surface area contributed by atoms with Crippen LogP contribution in [-0.4, -0.2) is 44.4 Å². The normalized spacial score (nSPS) is 23.1. The van der Waals surface area contributed by atoms with Crippen LogP contribution in [0.25, 0.3) is 22.3 Å². The molecule has 9 heteroatoms. The van der Waals surface area contributed by atoms with Crippen LogP contribution in [-0.2, 0) is 22.7 Å². The molecule has 0 saturated carbocycles. The number of hydrogen-bond donors (Lipinski definition) is 1. The predicted octanol–water partition coefficient (Wildman–Crippen LogP) is 2.82. The molecule has 7 nitrogen and oxygen atoms in total. The number of aliphatic hydroxyl groups is 1. The van der Waals surface area contributed by atoms with Crippen LogP contribution in [0.1, 0.15) is 46.4 Å². The third kappa shape index (κ3) is 2.50. The second kappa shape index (κ2) is 6.65. The number of benzene rings is 1. The Balaban J connectivity index is 1.54. The molecule has 1 saturated heterocycles. The molecule has 2 aromatic heterocycles. The number of likely N-dealkylation sites (tertiary alicyclic amines) is 1. The molecule has 0 spiro atoms. The fourth-order valence-electron chi connectivity index (χ4n) is 5.59. The number of cyclic esters (lactones) is 1. The van der Waals surface area contributed by atoms with Gasteiger partial charge in [-0.2, -0.15) is 0 Å². The lowest BCUT2D eigenvalue weighted by molar-refractivity contribution is -0.157. The second-order valence-electron chi connectivity index (χ2n) is 9.14. The van der Waals surface area contributed by atoms with Crippen LogP contribution < -0.4 is 5.56 Å². The standard InChI is InChI=1S/C24H20FN3O4S/c1-10-14(25)6-15-19-18(17(9-33-22(10)19)27-3-2-4-27)12-7-28-16(20(12)26-15)5-11-13(23(28)30)8-32-24(31)21(11)29/h5-6,17,21,29H,2-4,7-9H2,1H3.